The second-order valence-electron chi connectivity index (χ2n) is 5.61. The third-order valence-electron chi connectivity index (χ3n) is 3.91. The van der Waals surface area contributed by atoms with Crippen molar-refractivity contribution in [1.29, 1.82) is 0 Å². The van der Waals surface area contributed by atoms with Gasteiger partial charge in [0.15, 0.2) is 22.9 Å². The molecule has 1 aromatic carbocycles. The molecule has 0 aliphatic carbocycles. The molecule has 0 fully saturated rings. The van der Waals surface area contributed by atoms with Crippen LogP contribution in [-0.4, -0.2) is 31.6 Å². The van der Waals surface area contributed by atoms with Gasteiger partial charge < -0.3 is 14.8 Å². The van der Waals surface area contributed by atoms with Crippen LogP contribution in [0.5, 0.6) is 0 Å². The van der Waals surface area contributed by atoms with Crippen LogP contribution in [-0.2, 0) is 6.54 Å². The number of rotatable bonds is 4. The average molecular weight is 372 g/mol. The highest BCUT2D eigenvalue weighted by atomic mass is 19.2. The molecule has 136 valence electrons. The van der Waals surface area contributed by atoms with Crippen molar-refractivity contribution in [1.82, 2.24) is 19.9 Å². The molecule has 10 heteroatoms. The lowest BCUT2D eigenvalue weighted by Gasteiger charge is -2.01. The predicted molar refractivity (Wildman–Crippen MR) is 87.2 cm³/mol. The molecule has 0 aliphatic heterocycles. The van der Waals surface area contributed by atoms with Crippen LogP contribution in [0.15, 0.2) is 41.2 Å². The van der Waals surface area contributed by atoms with Crippen LogP contribution in [0.2, 0.25) is 0 Å². The Kier molecular flexibility index (Phi) is 3.80. The summed E-state index contributed by atoms with van der Waals surface area (Å²) in [4.78, 5) is 27.6. The number of halogens is 2. The fraction of sp³-hybridized carbons (Fsp3) is 0.0588. The van der Waals surface area contributed by atoms with Gasteiger partial charge in [-0.15, -0.1) is 0 Å². The van der Waals surface area contributed by atoms with E-state index in [2.05, 4.69) is 15.4 Å². The number of hydrogen-bond donors (Lipinski definition) is 2. The van der Waals surface area contributed by atoms with Gasteiger partial charge in [-0.3, -0.25) is 4.79 Å². The first-order valence-corrected chi connectivity index (χ1v) is 7.66. The molecule has 8 nitrogen and oxygen atoms in total. The summed E-state index contributed by atoms with van der Waals surface area (Å²) in [5, 5.41) is 15.7. The van der Waals surface area contributed by atoms with E-state index in [0.29, 0.717) is 5.65 Å². The normalized spacial score (nSPS) is 11.2. The molecule has 0 aliphatic rings. The topological polar surface area (TPSA) is 110 Å². The van der Waals surface area contributed by atoms with Gasteiger partial charge in [0.05, 0.1) is 12.7 Å². The van der Waals surface area contributed by atoms with Gasteiger partial charge in [0.1, 0.15) is 16.9 Å². The molecule has 3 aromatic heterocycles. The Bertz CT molecular complexity index is 1210. The van der Waals surface area contributed by atoms with Crippen molar-refractivity contribution in [2.75, 3.05) is 0 Å². The summed E-state index contributed by atoms with van der Waals surface area (Å²) in [7, 11) is 0. The van der Waals surface area contributed by atoms with Crippen LogP contribution in [0.25, 0.3) is 16.6 Å². The summed E-state index contributed by atoms with van der Waals surface area (Å²) >= 11 is 0. The summed E-state index contributed by atoms with van der Waals surface area (Å²) in [6.07, 6.45) is 4.50. The molecule has 2 N–H and O–H groups in total. The van der Waals surface area contributed by atoms with E-state index < -0.39 is 29.1 Å². The van der Waals surface area contributed by atoms with Crippen LogP contribution in [0.1, 0.15) is 26.5 Å². The Balaban J connectivity index is 1.61. The highest BCUT2D eigenvalue weighted by Crippen LogP contribution is 2.27. The number of aromatic nitrogens is 3. The number of carboxylic acids is 1. The standard InChI is InChI=1S/C17H10F2N4O4/c18-11-5-8-4-9(27-14(8)12(13(11)19)17(25)26)6-21-16(24)10-7-22-23-3-1-2-20-15(10)23/h1-5,7H,6H2,(H,21,24)(H,25,26). The Hall–Kier alpha value is -3.82. The first-order chi connectivity index (χ1) is 13.0. The summed E-state index contributed by atoms with van der Waals surface area (Å²) in [6.45, 7) is -0.125. The van der Waals surface area contributed by atoms with E-state index >= 15 is 0 Å². The number of carbonyl (C=O) groups excluding carboxylic acids is 1. The Labute approximate surface area is 149 Å². The van der Waals surface area contributed by atoms with Gasteiger partial charge in [0.2, 0.25) is 0 Å². The van der Waals surface area contributed by atoms with Crippen molar-refractivity contribution >= 4 is 28.5 Å². The van der Waals surface area contributed by atoms with E-state index in [9.17, 15) is 18.4 Å². The molecule has 0 atom stereocenters. The molecule has 0 saturated carbocycles. The fourth-order valence-electron chi connectivity index (χ4n) is 2.71. The van der Waals surface area contributed by atoms with Crippen molar-refractivity contribution in [2.24, 2.45) is 0 Å². The molecule has 1 amide bonds. The SMILES string of the molecule is O=C(O)c1c(F)c(F)cc2cc(CNC(=O)c3cnn4cccnc34)oc12. The summed E-state index contributed by atoms with van der Waals surface area (Å²) in [5.41, 5.74) is -0.607. The second-order valence-corrected chi connectivity index (χ2v) is 5.61. The van der Waals surface area contributed by atoms with E-state index in [0.717, 1.165) is 6.07 Å². The highest BCUT2D eigenvalue weighted by Gasteiger charge is 2.23. The molecular formula is C17H10F2N4O4. The fourth-order valence-corrected chi connectivity index (χ4v) is 2.71. The minimum absolute atomic E-state index is 0.0770. The Morgan fingerprint density at radius 3 is 2.89 bits per heavy atom. The maximum absolute atomic E-state index is 13.7. The van der Waals surface area contributed by atoms with E-state index in [1.165, 1.54) is 23.0 Å². The first kappa shape index (κ1) is 16.6. The lowest BCUT2D eigenvalue weighted by molar-refractivity contribution is 0.0691. The zero-order valence-electron chi connectivity index (χ0n) is 13.4. The van der Waals surface area contributed by atoms with Gasteiger partial charge in [-0.25, -0.2) is 23.1 Å². The monoisotopic (exact) mass is 372 g/mol. The van der Waals surface area contributed by atoms with Crippen LogP contribution >= 0.6 is 0 Å². The first-order valence-electron chi connectivity index (χ1n) is 7.66. The molecular weight excluding hydrogens is 362 g/mol. The van der Waals surface area contributed by atoms with E-state index in [4.69, 9.17) is 9.52 Å². The number of carbonyl (C=O) groups is 2. The minimum Gasteiger partial charge on any atom is -0.477 e. The quantitative estimate of drug-likeness (QED) is 0.569. The zero-order chi connectivity index (χ0) is 19.1. The lowest BCUT2D eigenvalue weighted by Crippen LogP contribution is -2.22. The molecule has 0 bridgehead atoms. The van der Waals surface area contributed by atoms with Gasteiger partial charge in [-0.2, -0.15) is 5.10 Å². The molecule has 0 radical (unpaired) electrons. The third kappa shape index (κ3) is 2.76. The maximum atomic E-state index is 13.7. The highest BCUT2D eigenvalue weighted by molar-refractivity contribution is 6.02. The number of carboxylic acid groups (broad SMARTS) is 1. The van der Waals surface area contributed by atoms with Gasteiger partial charge >= 0.3 is 5.97 Å². The van der Waals surface area contributed by atoms with Gasteiger partial charge in [0, 0.05) is 17.8 Å². The summed E-state index contributed by atoms with van der Waals surface area (Å²) < 4.78 is 34.0. The van der Waals surface area contributed by atoms with Crippen LogP contribution in [0.4, 0.5) is 8.78 Å². The molecule has 4 aromatic rings. The van der Waals surface area contributed by atoms with Crippen LogP contribution < -0.4 is 5.32 Å². The van der Waals surface area contributed by atoms with Gasteiger partial charge in [0.25, 0.3) is 5.91 Å². The average Bonchev–Trinajstić information content (AvgIpc) is 3.24. The largest absolute Gasteiger partial charge is 0.477 e. The van der Waals surface area contributed by atoms with Crippen molar-refractivity contribution in [3.8, 4) is 0 Å². The molecule has 3 heterocycles. The molecule has 4 rings (SSSR count). The number of benzene rings is 1. The zero-order valence-corrected chi connectivity index (χ0v) is 13.4. The summed E-state index contributed by atoms with van der Waals surface area (Å²) in [6, 6.07) is 3.83. The Morgan fingerprint density at radius 1 is 1.30 bits per heavy atom. The van der Waals surface area contributed by atoms with Crippen LogP contribution in [0, 0.1) is 11.6 Å². The summed E-state index contributed by atoms with van der Waals surface area (Å²) in [5.74, 6) is -4.80. The number of furan rings is 1. The van der Waals surface area contributed by atoms with E-state index in [1.807, 2.05) is 0 Å². The number of nitrogens with zero attached hydrogens (tertiary/aromatic N) is 3. The van der Waals surface area contributed by atoms with Crippen molar-refractivity contribution in [3.63, 3.8) is 0 Å². The molecule has 27 heavy (non-hydrogen) atoms. The number of fused-ring (bicyclic) bond motifs is 2. The third-order valence-corrected chi connectivity index (χ3v) is 3.91. The number of nitrogens with one attached hydrogen (secondary N) is 1. The van der Waals surface area contributed by atoms with Gasteiger partial charge in [-0.05, 0) is 18.2 Å². The minimum atomic E-state index is -1.65. The number of hydrogen-bond acceptors (Lipinski definition) is 5. The van der Waals surface area contributed by atoms with Crippen molar-refractivity contribution < 1.29 is 27.9 Å². The predicted octanol–water partition coefficient (Wildman–Crippen LogP) is 2.38. The van der Waals surface area contributed by atoms with Crippen molar-refractivity contribution in [3.05, 3.63) is 65.3 Å². The van der Waals surface area contributed by atoms with E-state index in [-0.39, 0.29) is 28.8 Å². The molecule has 0 saturated heterocycles. The number of aromatic carboxylic acids is 1. The maximum Gasteiger partial charge on any atom is 0.342 e. The van der Waals surface area contributed by atoms with Crippen molar-refractivity contribution in [2.45, 2.75) is 6.54 Å². The molecule has 0 unspecified atom stereocenters. The van der Waals surface area contributed by atoms with E-state index in [1.54, 1.807) is 12.3 Å². The number of amides is 1. The lowest BCUT2D eigenvalue weighted by atomic mass is 10.1. The van der Waals surface area contributed by atoms with Gasteiger partial charge in [-0.1, -0.05) is 0 Å². The van der Waals surface area contributed by atoms with Crippen LogP contribution in [0.3, 0.4) is 0 Å². The second kappa shape index (κ2) is 6.16. The molecule has 0 spiro atoms. The smallest absolute Gasteiger partial charge is 0.342 e. The Morgan fingerprint density at radius 2 is 2.11 bits per heavy atom.